The first-order valence-electron chi connectivity index (χ1n) is 12.5. The summed E-state index contributed by atoms with van der Waals surface area (Å²) < 4.78 is 0. The molecule has 5 heteroatoms. The van der Waals surface area contributed by atoms with E-state index in [1.165, 1.54) is 6.42 Å². The van der Waals surface area contributed by atoms with Crippen LogP contribution >= 0.6 is 0 Å². The van der Waals surface area contributed by atoms with Gasteiger partial charge in [-0.05, 0) is 55.6 Å². The Bertz CT molecular complexity index is 780. The highest BCUT2D eigenvalue weighted by Gasteiger charge is 2.44. The summed E-state index contributed by atoms with van der Waals surface area (Å²) in [5.74, 6) is -0.844. The third-order valence-corrected chi connectivity index (χ3v) is 8.05. The fourth-order valence-corrected chi connectivity index (χ4v) is 6.17. The molecular formula is C27H39NO4. The molecule has 1 aromatic carbocycles. The largest absolute Gasteiger partial charge is 0.481 e. The van der Waals surface area contributed by atoms with Gasteiger partial charge in [0.05, 0.1) is 24.2 Å². The minimum absolute atomic E-state index is 0.0260. The third-order valence-electron chi connectivity index (χ3n) is 8.05. The minimum atomic E-state index is -0.750. The smallest absolute Gasteiger partial charge is 0.303 e. The van der Waals surface area contributed by atoms with E-state index in [4.69, 9.17) is 5.11 Å². The first kappa shape index (κ1) is 24.7. The molecule has 0 spiro atoms. The quantitative estimate of drug-likeness (QED) is 0.360. The van der Waals surface area contributed by atoms with Crippen molar-refractivity contribution in [2.24, 2.45) is 17.3 Å². The van der Waals surface area contributed by atoms with Crippen molar-refractivity contribution in [2.45, 2.75) is 102 Å². The van der Waals surface area contributed by atoms with E-state index < -0.39 is 18.2 Å². The number of unbranched alkanes of at least 4 members (excludes halogenated alkanes) is 3. The van der Waals surface area contributed by atoms with E-state index in [0.29, 0.717) is 12.8 Å². The maximum atomic E-state index is 11.1. The number of aliphatic hydroxyl groups is 2. The van der Waals surface area contributed by atoms with Crippen molar-refractivity contribution in [3.63, 3.8) is 0 Å². The van der Waals surface area contributed by atoms with Gasteiger partial charge in [-0.1, -0.05) is 63.3 Å². The second kappa shape index (κ2) is 11.3. The van der Waals surface area contributed by atoms with E-state index in [9.17, 15) is 20.3 Å². The number of hydrogen-bond acceptors (Lipinski definition) is 4. The van der Waals surface area contributed by atoms with Crippen LogP contribution in [0.5, 0.6) is 0 Å². The van der Waals surface area contributed by atoms with Crippen LogP contribution in [0, 0.1) is 28.6 Å². The first-order chi connectivity index (χ1) is 15.4. The van der Waals surface area contributed by atoms with Gasteiger partial charge in [-0.2, -0.15) is 5.26 Å². The molecule has 3 rings (SSSR count). The van der Waals surface area contributed by atoms with Crippen LogP contribution in [-0.4, -0.2) is 27.4 Å². The van der Waals surface area contributed by atoms with Crippen LogP contribution in [-0.2, 0) is 4.79 Å². The Hall–Kier alpha value is -1.90. The molecule has 176 valence electrons. The van der Waals surface area contributed by atoms with E-state index in [2.05, 4.69) is 13.0 Å². The Labute approximate surface area is 192 Å². The second-order valence-electron chi connectivity index (χ2n) is 10.1. The summed E-state index contributed by atoms with van der Waals surface area (Å²) >= 11 is 0. The molecule has 0 aliphatic heterocycles. The Balaban J connectivity index is 1.64. The highest BCUT2D eigenvalue weighted by molar-refractivity contribution is 5.66. The van der Waals surface area contributed by atoms with Crippen LogP contribution in [0.2, 0.25) is 0 Å². The first-order valence-corrected chi connectivity index (χ1v) is 12.5. The zero-order chi connectivity index (χ0) is 23.1. The molecule has 5 atom stereocenters. The average molecular weight is 442 g/mol. The van der Waals surface area contributed by atoms with Crippen LogP contribution in [0.15, 0.2) is 24.3 Å². The van der Waals surface area contributed by atoms with Crippen LogP contribution < -0.4 is 0 Å². The predicted octanol–water partition coefficient (Wildman–Crippen LogP) is 5.72. The van der Waals surface area contributed by atoms with Gasteiger partial charge in [0.1, 0.15) is 0 Å². The fourth-order valence-electron chi connectivity index (χ4n) is 6.17. The molecule has 2 aliphatic carbocycles. The molecule has 1 aromatic rings. The van der Waals surface area contributed by atoms with Crippen molar-refractivity contribution in [3.05, 3.63) is 35.4 Å². The van der Waals surface area contributed by atoms with Crippen LogP contribution in [0.3, 0.4) is 0 Å². The summed E-state index contributed by atoms with van der Waals surface area (Å²) in [6.07, 6.45) is 9.60. The predicted molar refractivity (Wildman–Crippen MR) is 124 cm³/mol. The molecule has 0 saturated heterocycles. The van der Waals surface area contributed by atoms with Crippen molar-refractivity contribution in [3.8, 4) is 6.07 Å². The Morgan fingerprint density at radius 1 is 1.19 bits per heavy atom. The monoisotopic (exact) mass is 441 g/mol. The number of aliphatic carboxylic acids is 1. The molecule has 0 radical (unpaired) electrons. The van der Waals surface area contributed by atoms with Crippen molar-refractivity contribution in [1.82, 2.24) is 0 Å². The Morgan fingerprint density at radius 3 is 2.44 bits per heavy atom. The Kier molecular flexibility index (Phi) is 8.73. The SMILES string of the molecule is CCCC1(C(O)c2ccc(C3C(CCCCCCC(=O)O)[C@H](C#N)C[C@H]3O)cc2)CCC1. The molecule has 32 heavy (non-hydrogen) atoms. The lowest BCUT2D eigenvalue weighted by Crippen LogP contribution is -2.36. The molecule has 5 nitrogen and oxygen atoms in total. The van der Waals surface area contributed by atoms with Crippen molar-refractivity contribution >= 4 is 5.97 Å². The number of carboxylic acids is 1. The summed E-state index contributed by atoms with van der Waals surface area (Å²) in [5, 5.41) is 40.2. The Morgan fingerprint density at radius 2 is 1.88 bits per heavy atom. The van der Waals surface area contributed by atoms with Crippen molar-refractivity contribution in [2.75, 3.05) is 0 Å². The van der Waals surface area contributed by atoms with E-state index in [1.54, 1.807) is 0 Å². The van der Waals surface area contributed by atoms with Gasteiger partial charge < -0.3 is 15.3 Å². The molecule has 3 unspecified atom stereocenters. The fraction of sp³-hybridized carbons (Fsp3) is 0.704. The summed E-state index contributed by atoms with van der Waals surface area (Å²) in [6, 6.07) is 10.5. The molecule has 0 aromatic heterocycles. The molecule has 3 N–H and O–H groups in total. The normalized spacial score (nSPS) is 27.4. The van der Waals surface area contributed by atoms with Gasteiger partial charge in [0, 0.05) is 17.8 Å². The maximum absolute atomic E-state index is 11.1. The number of hydrogen-bond donors (Lipinski definition) is 3. The topological polar surface area (TPSA) is 102 Å². The highest BCUT2D eigenvalue weighted by atomic mass is 16.4. The number of carboxylic acid groups (broad SMARTS) is 1. The van der Waals surface area contributed by atoms with Gasteiger partial charge >= 0.3 is 5.97 Å². The summed E-state index contributed by atoms with van der Waals surface area (Å²) in [4.78, 5) is 10.7. The van der Waals surface area contributed by atoms with E-state index in [1.807, 2.05) is 24.3 Å². The standard InChI is InChI=1S/C27H39NO4/c1-2-14-27(15-7-16-27)26(32)20-12-10-19(11-13-20)25-22(21(18-28)17-23(25)29)8-5-3-4-6-9-24(30)31/h10-13,21-23,25-26,29,32H,2-9,14-17H2,1H3,(H,30,31)/t21-,22?,23+,25?,26?/m0/s1. The molecule has 2 aliphatic rings. The average Bonchev–Trinajstić information content (AvgIpc) is 3.07. The number of aliphatic hydroxyl groups excluding tert-OH is 2. The zero-order valence-electron chi connectivity index (χ0n) is 19.4. The third kappa shape index (κ3) is 5.53. The van der Waals surface area contributed by atoms with Crippen LogP contribution in [0.25, 0.3) is 0 Å². The lowest BCUT2D eigenvalue weighted by Gasteiger charge is -2.46. The number of rotatable bonds is 12. The number of carbonyl (C=O) groups is 1. The second-order valence-corrected chi connectivity index (χ2v) is 10.1. The van der Waals surface area contributed by atoms with E-state index >= 15 is 0 Å². The molecule has 2 saturated carbocycles. The lowest BCUT2D eigenvalue weighted by atomic mass is 9.61. The zero-order valence-corrected chi connectivity index (χ0v) is 19.4. The summed E-state index contributed by atoms with van der Waals surface area (Å²) in [5.41, 5.74) is 2.04. The van der Waals surface area contributed by atoms with Gasteiger partial charge in [-0.15, -0.1) is 0 Å². The van der Waals surface area contributed by atoms with E-state index in [0.717, 1.165) is 62.5 Å². The van der Waals surface area contributed by atoms with Crippen molar-refractivity contribution < 1.29 is 20.1 Å². The number of nitrogens with zero attached hydrogens (tertiary/aromatic N) is 1. The van der Waals surface area contributed by atoms with Crippen molar-refractivity contribution in [1.29, 1.82) is 5.26 Å². The molecular weight excluding hydrogens is 402 g/mol. The molecule has 0 bridgehead atoms. The van der Waals surface area contributed by atoms with Gasteiger partial charge in [-0.3, -0.25) is 4.79 Å². The lowest BCUT2D eigenvalue weighted by molar-refractivity contribution is -0.137. The number of nitriles is 1. The van der Waals surface area contributed by atoms with Crippen LogP contribution in [0.1, 0.15) is 107 Å². The van der Waals surface area contributed by atoms with Gasteiger partial charge in [-0.25, -0.2) is 0 Å². The molecule has 2 fully saturated rings. The van der Waals surface area contributed by atoms with Gasteiger partial charge in [0.25, 0.3) is 0 Å². The minimum Gasteiger partial charge on any atom is -0.481 e. The molecule has 0 heterocycles. The molecule has 0 amide bonds. The van der Waals surface area contributed by atoms with Gasteiger partial charge in [0.15, 0.2) is 0 Å². The summed E-state index contributed by atoms with van der Waals surface area (Å²) in [6.45, 7) is 2.18. The van der Waals surface area contributed by atoms with Gasteiger partial charge in [0.2, 0.25) is 0 Å². The number of benzene rings is 1. The maximum Gasteiger partial charge on any atom is 0.303 e. The highest BCUT2D eigenvalue weighted by Crippen LogP contribution is 2.53. The van der Waals surface area contributed by atoms with Crippen LogP contribution in [0.4, 0.5) is 0 Å². The summed E-state index contributed by atoms with van der Waals surface area (Å²) in [7, 11) is 0. The van der Waals surface area contributed by atoms with E-state index in [-0.39, 0.29) is 29.6 Å².